The maximum atomic E-state index is 11.6. The van der Waals surface area contributed by atoms with E-state index >= 15 is 0 Å². The van der Waals surface area contributed by atoms with Crippen LogP contribution >= 0.6 is 11.8 Å². The minimum atomic E-state index is -0.410. The second-order valence-electron chi connectivity index (χ2n) is 6.61. The molecule has 1 aromatic heterocycles. The molecule has 2 saturated heterocycles. The standard InChI is InChI=1S/C20H21N3O4S.Na/c24-19-17(28-20(25)22-19)11-14-4-6-15(7-5-14)27-13-16-12-23(9-10-26-16)18-3-1-2-8-21-18;/h1-8,16-17H,9-13H2,(H,22,24,25);/q;+1/p-1. The van der Waals surface area contributed by atoms with E-state index in [-0.39, 0.29) is 41.6 Å². The van der Waals surface area contributed by atoms with E-state index in [1.807, 2.05) is 42.5 Å². The third-order valence-electron chi connectivity index (χ3n) is 4.61. The summed E-state index contributed by atoms with van der Waals surface area (Å²) in [6.45, 7) is 2.63. The number of amides is 2. The van der Waals surface area contributed by atoms with Gasteiger partial charge in [-0.1, -0.05) is 30.0 Å². The van der Waals surface area contributed by atoms with Crippen LogP contribution in [0.1, 0.15) is 5.56 Å². The van der Waals surface area contributed by atoms with Gasteiger partial charge in [0.15, 0.2) is 0 Å². The van der Waals surface area contributed by atoms with Gasteiger partial charge in [0.2, 0.25) is 0 Å². The summed E-state index contributed by atoms with van der Waals surface area (Å²) in [5.74, 6) is 1.35. The molecule has 0 spiro atoms. The van der Waals surface area contributed by atoms with Crippen molar-refractivity contribution >= 4 is 28.7 Å². The van der Waals surface area contributed by atoms with Gasteiger partial charge in [-0.2, -0.15) is 0 Å². The zero-order valence-corrected chi connectivity index (χ0v) is 19.0. The summed E-state index contributed by atoms with van der Waals surface area (Å²) in [6.07, 6.45) is 2.25. The van der Waals surface area contributed by atoms with Crippen molar-refractivity contribution in [2.24, 2.45) is 0 Å². The first-order valence-corrected chi connectivity index (χ1v) is 10.0. The molecule has 0 N–H and O–H groups in total. The van der Waals surface area contributed by atoms with Crippen LogP contribution in [0, 0.1) is 0 Å². The van der Waals surface area contributed by atoms with Crippen LogP contribution in [-0.2, 0) is 16.0 Å². The number of benzene rings is 1. The van der Waals surface area contributed by atoms with Crippen LogP contribution in [0.4, 0.5) is 10.6 Å². The molecule has 146 valence electrons. The number of rotatable bonds is 6. The second-order valence-corrected chi connectivity index (χ2v) is 7.76. The first kappa shape index (κ1) is 22.1. The molecule has 0 aliphatic carbocycles. The molecule has 2 aromatic rings. The molecule has 2 aliphatic rings. The van der Waals surface area contributed by atoms with Crippen LogP contribution in [0.2, 0.25) is 0 Å². The predicted octanol–water partition coefficient (Wildman–Crippen LogP) is 0.0480. The monoisotopic (exact) mass is 421 g/mol. The zero-order chi connectivity index (χ0) is 19.3. The number of morpholine rings is 1. The molecule has 0 bridgehead atoms. The van der Waals surface area contributed by atoms with E-state index in [2.05, 4.69) is 15.2 Å². The Morgan fingerprint density at radius 1 is 1.21 bits per heavy atom. The van der Waals surface area contributed by atoms with E-state index in [1.165, 1.54) is 0 Å². The Morgan fingerprint density at radius 3 is 2.72 bits per heavy atom. The number of carbonyl (C=O) groups excluding carboxylic acids is 2. The Morgan fingerprint density at radius 2 is 2.03 bits per heavy atom. The van der Waals surface area contributed by atoms with E-state index in [1.54, 1.807) is 6.20 Å². The van der Waals surface area contributed by atoms with Gasteiger partial charge in [-0.15, -0.1) is 0 Å². The fourth-order valence-corrected chi connectivity index (χ4v) is 4.00. The van der Waals surface area contributed by atoms with Crippen molar-refractivity contribution < 1.29 is 48.6 Å². The van der Waals surface area contributed by atoms with E-state index in [9.17, 15) is 9.59 Å². The van der Waals surface area contributed by atoms with Gasteiger partial charge in [-0.05, 0) is 36.2 Å². The van der Waals surface area contributed by atoms with Crippen LogP contribution in [0.5, 0.6) is 5.75 Å². The topological polar surface area (TPSA) is 82.8 Å². The van der Waals surface area contributed by atoms with Crippen molar-refractivity contribution in [1.29, 1.82) is 0 Å². The molecule has 2 unspecified atom stereocenters. The van der Waals surface area contributed by atoms with Crippen LogP contribution in [0.3, 0.4) is 0 Å². The zero-order valence-electron chi connectivity index (χ0n) is 16.2. The SMILES string of the molecule is O=C1[N-]C(=O)C(Cc2ccc(OCC3CN(c4ccccn4)CCO3)cc2)S1.[Na+]. The minimum Gasteiger partial charge on any atom is -0.585 e. The molecule has 1 aromatic carbocycles. The van der Waals surface area contributed by atoms with Gasteiger partial charge >= 0.3 is 29.6 Å². The number of nitrogens with zero attached hydrogens (tertiary/aromatic N) is 3. The smallest absolute Gasteiger partial charge is 0.585 e. The number of carbonyl (C=O) groups is 2. The summed E-state index contributed by atoms with van der Waals surface area (Å²) < 4.78 is 11.7. The predicted molar refractivity (Wildman–Crippen MR) is 107 cm³/mol. The molecule has 0 radical (unpaired) electrons. The average molecular weight is 421 g/mol. The quantitative estimate of drug-likeness (QED) is 0.610. The number of pyridine rings is 1. The van der Waals surface area contributed by atoms with Crippen LogP contribution in [-0.4, -0.2) is 53.8 Å². The second kappa shape index (κ2) is 10.4. The summed E-state index contributed by atoms with van der Waals surface area (Å²) in [6, 6.07) is 13.4. The molecule has 2 atom stereocenters. The largest absolute Gasteiger partial charge is 1.00 e. The third kappa shape index (κ3) is 5.96. The maximum absolute atomic E-state index is 11.6. The van der Waals surface area contributed by atoms with Gasteiger partial charge in [0.25, 0.3) is 0 Å². The van der Waals surface area contributed by atoms with Gasteiger partial charge in [-0.25, -0.2) is 4.98 Å². The number of ether oxygens (including phenoxy) is 2. The first-order chi connectivity index (χ1) is 13.7. The summed E-state index contributed by atoms with van der Waals surface area (Å²) in [4.78, 5) is 29.4. The average Bonchev–Trinajstić information content (AvgIpc) is 3.05. The number of aromatic nitrogens is 1. The van der Waals surface area contributed by atoms with E-state index in [4.69, 9.17) is 9.47 Å². The summed E-state index contributed by atoms with van der Waals surface area (Å²) >= 11 is 0.987. The third-order valence-corrected chi connectivity index (χ3v) is 5.56. The number of hydrogen-bond donors (Lipinski definition) is 0. The van der Waals surface area contributed by atoms with Gasteiger partial charge in [0.05, 0.1) is 17.8 Å². The molecule has 2 amide bonds. The van der Waals surface area contributed by atoms with Gasteiger partial charge in [0, 0.05) is 19.3 Å². The molecule has 3 heterocycles. The normalized spacial score (nSPS) is 21.4. The molecule has 4 rings (SSSR count). The van der Waals surface area contributed by atoms with Crippen molar-refractivity contribution in [2.75, 3.05) is 31.2 Å². The Hall–Kier alpha value is -1.58. The number of imide groups is 1. The maximum Gasteiger partial charge on any atom is 1.00 e. The number of thioether (sulfide) groups is 1. The Bertz CT molecular complexity index is 837. The fraction of sp³-hybridized carbons (Fsp3) is 0.350. The van der Waals surface area contributed by atoms with E-state index in [0.717, 1.165) is 42.0 Å². The van der Waals surface area contributed by atoms with Gasteiger partial charge in [-0.3, -0.25) is 0 Å². The van der Waals surface area contributed by atoms with Crippen molar-refractivity contribution in [3.05, 3.63) is 59.5 Å². The molecule has 0 saturated carbocycles. The summed E-state index contributed by atoms with van der Waals surface area (Å²) in [5, 5.41) is 2.62. The van der Waals surface area contributed by atoms with Crippen molar-refractivity contribution in [2.45, 2.75) is 17.8 Å². The molecular formula is C20H20N3NaO4S. The van der Waals surface area contributed by atoms with Gasteiger partial charge in [0.1, 0.15) is 29.5 Å². The number of anilines is 1. The number of hydrogen-bond acceptors (Lipinski definition) is 7. The Labute approximate surface area is 195 Å². The summed E-state index contributed by atoms with van der Waals surface area (Å²) in [5.41, 5.74) is 0.971. The fourth-order valence-electron chi connectivity index (χ4n) is 3.18. The van der Waals surface area contributed by atoms with Crippen molar-refractivity contribution in [3.8, 4) is 5.75 Å². The first-order valence-electron chi connectivity index (χ1n) is 9.13. The molecule has 2 aliphatic heterocycles. The minimum absolute atomic E-state index is 0. The molecule has 7 nitrogen and oxygen atoms in total. The summed E-state index contributed by atoms with van der Waals surface area (Å²) in [7, 11) is 0. The van der Waals surface area contributed by atoms with Crippen LogP contribution < -0.4 is 39.2 Å². The van der Waals surface area contributed by atoms with Crippen LogP contribution in [0.25, 0.3) is 5.32 Å². The molecule has 9 heteroatoms. The molecule has 29 heavy (non-hydrogen) atoms. The van der Waals surface area contributed by atoms with Crippen LogP contribution in [0.15, 0.2) is 48.7 Å². The molecular weight excluding hydrogens is 401 g/mol. The van der Waals surface area contributed by atoms with E-state index < -0.39 is 10.5 Å². The van der Waals surface area contributed by atoms with Crippen molar-refractivity contribution in [1.82, 2.24) is 4.98 Å². The Kier molecular flexibility index (Phi) is 7.97. The Balaban J connectivity index is 0.00000240. The van der Waals surface area contributed by atoms with Crippen molar-refractivity contribution in [3.63, 3.8) is 0 Å². The molecule has 2 fully saturated rings. The van der Waals surface area contributed by atoms with E-state index in [0.29, 0.717) is 19.6 Å². The van der Waals surface area contributed by atoms with Gasteiger partial charge < -0.3 is 29.3 Å².